The van der Waals surface area contributed by atoms with E-state index in [-0.39, 0.29) is 18.0 Å². The second-order valence-corrected chi connectivity index (χ2v) is 10.2. The van der Waals surface area contributed by atoms with Crippen molar-refractivity contribution >= 4 is 15.9 Å². The van der Waals surface area contributed by atoms with E-state index in [0.717, 1.165) is 40.7 Å². The maximum atomic E-state index is 13.2. The van der Waals surface area contributed by atoms with E-state index >= 15 is 0 Å². The van der Waals surface area contributed by atoms with Gasteiger partial charge in [0.05, 0.1) is 28.4 Å². The van der Waals surface area contributed by atoms with Crippen molar-refractivity contribution in [1.82, 2.24) is 19.6 Å². The number of nitrogens with zero attached hydrogens (tertiary/aromatic N) is 3. The van der Waals surface area contributed by atoms with Gasteiger partial charge >= 0.3 is 6.18 Å². The molecule has 1 amide bonds. The summed E-state index contributed by atoms with van der Waals surface area (Å²) in [5, 5.41) is 2.69. The largest absolute Gasteiger partial charge is 0.416 e. The molecule has 2 heterocycles. The molecule has 1 fully saturated rings. The minimum absolute atomic E-state index is 0.0310. The summed E-state index contributed by atoms with van der Waals surface area (Å²) in [6, 6.07) is 9.57. The van der Waals surface area contributed by atoms with Crippen LogP contribution in [0.4, 0.5) is 17.6 Å². The van der Waals surface area contributed by atoms with Crippen LogP contribution in [0.2, 0.25) is 0 Å². The van der Waals surface area contributed by atoms with Crippen molar-refractivity contribution in [3.8, 4) is 11.3 Å². The molecule has 1 aliphatic heterocycles. The third kappa shape index (κ3) is 5.54. The van der Waals surface area contributed by atoms with Crippen molar-refractivity contribution in [3.05, 3.63) is 77.5 Å². The van der Waals surface area contributed by atoms with Crippen LogP contribution in [0.15, 0.2) is 59.5 Å². The van der Waals surface area contributed by atoms with Crippen LogP contribution in [0.5, 0.6) is 0 Å². The number of aromatic nitrogens is 2. The second kappa shape index (κ2) is 9.94. The van der Waals surface area contributed by atoms with Gasteiger partial charge in [-0.25, -0.2) is 22.8 Å². The fourth-order valence-electron chi connectivity index (χ4n) is 4.03. The summed E-state index contributed by atoms with van der Waals surface area (Å²) in [5.74, 6) is -0.718. The van der Waals surface area contributed by atoms with Gasteiger partial charge in [0, 0.05) is 12.1 Å². The first-order chi connectivity index (χ1) is 16.9. The number of amides is 1. The lowest BCUT2D eigenvalue weighted by atomic mass is 10.1. The lowest BCUT2D eigenvalue weighted by Crippen LogP contribution is -2.45. The fraction of sp³-hybridized carbons (Fsp3) is 0.292. The van der Waals surface area contributed by atoms with E-state index < -0.39 is 39.5 Å². The Balaban J connectivity index is 1.48. The van der Waals surface area contributed by atoms with Crippen molar-refractivity contribution < 1.29 is 30.8 Å². The van der Waals surface area contributed by atoms with Crippen molar-refractivity contribution in [2.24, 2.45) is 0 Å². The molecular weight excluding hydrogens is 500 g/mol. The number of halogens is 4. The summed E-state index contributed by atoms with van der Waals surface area (Å²) in [6.07, 6.45) is -3.64. The Morgan fingerprint density at radius 3 is 2.39 bits per heavy atom. The van der Waals surface area contributed by atoms with E-state index in [1.54, 1.807) is 13.0 Å². The summed E-state index contributed by atoms with van der Waals surface area (Å²) in [6.45, 7) is 1.74. The standard InChI is InChI=1S/C24H22F4N4O3S/c1-15-30-19(13-21(31-15)16-4-6-17(7-5-16)24(26,27)28)14-29-23(33)22-3-2-12-32(22)36(34,35)20-10-8-18(25)9-11-20/h4-11,13,22H,2-3,12,14H2,1H3,(H,29,33)/t22-/m0/s1. The van der Waals surface area contributed by atoms with Gasteiger partial charge < -0.3 is 5.32 Å². The summed E-state index contributed by atoms with van der Waals surface area (Å²) < 4.78 is 78.9. The van der Waals surface area contributed by atoms with Crippen LogP contribution in [0.1, 0.15) is 29.9 Å². The fourth-order valence-corrected chi connectivity index (χ4v) is 5.68. The van der Waals surface area contributed by atoms with Gasteiger partial charge in [0.25, 0.3) is 0 Å². The van der Waals surface area contributed by atoms with Crippen LogP contribution in [-0.4, -0.2) is 41.2 Å². The Kier molecular flexibility index (Phi) is 7.10. The number of sulfonamides is 1. The van der Waals surface area contributed by atoms with E-state index in [9.17, 15) is 30.8 Å². The van der Waals surface area contributed by atoms with Crippen LogP contribution in [-0.2, 0) is 27.5 Å². The molecule has 36 heavy (non-hydrogen) atoms. The number of carbonyl (C=O) groups excluding carboxylic acids is 1. The number of nitrogens with one attached hydrogen (secondary N) is 1. The average molecular weight is 523 g/mol. The minimum Gasteiger partial charge on any atom is -0.349 e. The topological polar surface area (TPSA) is 92.3 Å². The molecular formula is C24H22F4N4O3S. The number of aryl methyl sites for hydroxylation is 1. The third-order valence-corrected chi connectivity index (χ3v) is 7.69. The molecule has 2 aromatic carbocycles. The van der Waals surface area contributed by atoms with Crippen molar-refractivity contribution in [2.75, 3.05) is 6.54 Å². The van der Waals surface area contributed by atoms with E-state index in [4.69, 9.17) is 0 Å². The van der Waals surface area contributed by atoms with E-state index in [1.807, 2.05) is 0 Å². The monoisotopic (exact) mass is 522 g/mol. The lowest BCUT2D eigenvalue weighted by Gasteiger charge is -2.23. The first kappa shape index (κ1) is 25.7. The molecule has 0 unspecified atom stereocenters. The summed E-state index contributed by atoms with van der Waals surface area (Å²) >= 11 is 0. The second-order valence-electron chi connectivity index (χ2n) is 8.31. The molecule has 1 aromatic heterocycles. The highest BCUT2D eigenvalue weighted by molar-refractivity contribution is 7.89. The Bertz CT molecular complexity index is 1360. The van der Waals surface area contributed by atoms with Gasteiger partial charge in [0.2, 0.25) is 15.9 Å². The minimum atomic E-state index is -4.45. The zero-order chi connectivity index (χ0) is 26.1. The predicted molar refractivity (Wildman–Crippen MR) is 122 cm³/mol. The Labute approximate surface area is 205 Å². The molecule has 1 saturated heterocycles. The number of benzene rings is 2. The van der Waals surface area contributed by atoms with Gasteiger partial charge in [-0.05, 0) is 62.2 Å². The van der Waals surface area contributed by atoms with Crippen molar-refractivity contribution in [3.63, 3.8) is 0 Å². The van der Waals surface area contributed by atoms with Gasteiger partial charge in [0.1, 0.15) is 17.7 Å². The van der Waals surface area contributed by atoms with Crippen LogP contribution >= 0.6 is 0 Å². The molecule has 0 spiro atoms. The molecule has 0 saturated carbocycles. The molecule has 4 rings (SSSR count). The molecule has 7 nitrogen and oxygen atoms in total. The molecule has 0 bridgehead atoms. The first-order valence-corrected chi connectivity index (χ1v) is 12.5. The smallest absolute Gasteiger partial charge is 0.349 e. The van der Waals surface area contributed by atoms with Crippen LogP contribution in [0, 0.1) is 12.7 Å². The third-order valence-electron chi connectivity index (χ3n) is 5.77. The van der Waals surface area contributed by atoms with E-state index in [1.165, 1.54) is 12.1 Å². The Morgan fingerprint density at radius 1 is 1.08 bits per heavy atom. The highest BCUT2D eigenvalue weighted by atomic mass is 32.2. The van der Waals surface area contributed by atoms with Gasteiger partial charge in [-0.2, -0.15) is 17.5 Å². The molecule has 0 radical (unpaired) electrons. The molecule has 12 heteroatoms. The molecule has 190 valence electrons. The number of rotatable bonds is 6. The van der Waals surface area contributed by atoms with Crippen LogP contribution in [0.25, 0.3) is 11.3 Å². The number of alkyl halides is 3. The molecule has 3 aromatic rings. The Morgan fingerprint density at radius 2 is 1.75 bits per heavy atom. The SMILES string of the molecule is Cc1nc(CNC(=O)[C@@H]2CCCN2S(=O)(=O)c2ccc(F)cc2)cc(-c2ccc(C(F)(F)F)cc2)n1. The Hall–Kier alpha value is -3.38. The highest BCUT2D eigenvalue weighted by Crippen LogP contribution is 2.31. The zero-order valence-electron chi connectivity index (χ0n) is 19.1. The van der Waals surface area contributed by atoms with Gasteiger partial charge in [-0.15, -0.1) is 0 Å². The molecule has 0 aliphatic carbocycles. The summed E-state index contributed by atoms with van der Waals surface area (Å²) in [4.78, 5) is 21.3. The summed E-state index contributed by atoms with van der Waals surface area (Å²) in [5.41, 5.74) is 0.480. The number of hydrogen-bond donors (Lipinski definition) is 1. The zero-order valence-corrected chi connectivity index (χ0v) is 19.9. The van der Waals surface area contributed by atoms with Gasteiger partial charge in [-0.3, -0.25) is 4.79 Å². The van der Waals surface area contributed by atoms with Crippen molar-refractivity contribution in [1.29, 1.82) is 0 Å². The van der Waals surface area contributed by atoms with Gasteiger partial charge in [0.15, 0.2) is 0 Å². The molecule has 1 atom stereocenters. The summed E-state index contributed by atoms with van der Waals surface area (Å²) in [7, 11) is -4.00. The van der Waals surface area contributed by atoms with Crippen LogP contribution in [0.3, 0.4) is 0 Å². The lowest BCUT2D eigenvalue weighted by molar-refractivity contribution is -0.137. The highest BCUT2D eigenvalue weighted by Gasteiger charge is 2.39. The molecule has 1 N–H and O–H groups in total. The maximum absolute atomic E-state index is 13.2. The normalized spacial score (nSPS) is 16.8. The van der Waals surface area contributed by atoms with E-state index in [0.29, 0.717) is 35.6 Å². The van der Waals surface area contributed by atoms with Crippen molar-refractivity contribution in [2.45, 2.75) is 43.4 Å². The predicted octanol–water partition coefficient (Wildman–Crippen LogP) is 4.08. The van der Waals surface area contributed by atoms with Crippen LogP contribution < -0.4 is 5.32 Å². The number of carbonyl (C=O) groups is 1. The van der Waals surface area contributed by atoms with E-state index in [2.05, 4.69) is 15.3 Å². The maximum Gasteiger partial charge on any atom is 0.416 e. The number of hydrogen-bond acceptors (Lipinski definition) is 5. The quantitative estimate of drug-likeness (QED) is 0.493. The first-order valence-electron chi connectivity index (χ1n) is 11.0. The average Bonchev–Trinajstić information content (AvgIpc) is 3.33. The molecule has 1 aliphatic rings. The van der Waals surface area contributed by atoms with Gasteiger partial charge in [-0.1, -0.05) is 12.1 Å².